The number of amides is 1. The highest BCUT2D eigenvalue weighted by Crippen LogP contribution is 2.34. The van der Waals surface area contributed by atoms with Crippen LogP contribution in [0.1, 0.15) is 42.7 Å². The number of aromatic amines is 1. The van der Waals surface area contributed by atoms with E-state index in [2.05, 4.69) is 15.3 Å². The molecule has 0 atom stereocenters. The number of benzene rings is 2. The SMILES string of the molecule is CC(C)Oc1cc(Oc2ccc(C(=O)N3CCCC3)cc2F)cc(-c2nc3c([nH]2)C=CCN3)c1. The van der Waals surface area contributed by atoms with Crippen molar-refractivity contribution in [2.75, 3.05) is 25.0 Å². The van der Waals surface area contributed by atoms with E-state index in [4.69, 9.17) is 9.47 Å². The highest BCUT2D eigenvalue weighted by molar-refractivity contribution is 5.94. The first-order valence-corrected chi connectivity index (χ1v) is 11.6. The van der Waals surface area contributed by atoms with Gasteiger partial charge in [-0.3, -0.25) is 4.79 Å². The summed E-state index contributed by atoms with van der Waals surface area (Å²) >= 11 is 0. The molecular weight excluding hydrogens is 435 g/mol. The van der Waals surface area contributed by atoms with Gasteiger partial charge in [0.1, 0.15) is 17.3 Å². The summed E-state index contributed by atoms with van der Waals surface area (Å²) in [4.78, 5) is 22.3. The first kappa shape index (κ1) is 22.0. The Labute approximate surface area is 197 Å². The van der Waals surface area contributed by atoms with Gasteiger partial charge < -0.3 is 24.7 Å². The Hall–Kier alpha value is -3.81. The van der Waals surface area contributed by atoms with Crippen LogP contribution >= 0.6 is 0 Å². The number of carbonyl (C=O) groups excluding carboxylic acids is 1. The number of imidazole rings is 1. The fraction of sp³-hybridized carbons (Fsp3) is 0.308. The molecule has 1 fully saturated rings. The van der Waals surface area contributed by atoms with Crippen LogP contribution in [0, 0.1) is 5.82 Å². The molecule has 1 aromatic heterocycles. The number of hydrogen-bond donors (Lipinski definition) is 2. The minimum absolute atomic E-state index is 0.0361. The minimum atomic E-state index is -0.593. The van der Waals surface area contributed by atoms with Crippen molar-refractivity contribution in [1.82, 2.24) is 14.9 Å². The fourth-order valence-corrected chi connectivity index (χ4v) is 4.17. The number of halogens is 1. The molecule has 3 heterocycles. The summed E-state index contributed by atoms with van der Waals surface area (Å²) in [5, 5.41) is 3.22. The average Bonchev–Trinajstić information content (AvgIpc) is 3.49. The first-order valence-electron chi connectivity index (χ1n) is 11.6. The van der Waals surface area contributed by atoms with Gasteiger partial charge in [-0.1, -0.05) is 6.08 Å². The highest BCUT2D eigenvalue weighted by atomic mass is 19.1. The quantitative estimate of drug-likeness (QED) is 0.508. The van der Waals surface area contributed by atoms with E-state index in [1.807, 2.05) is 32.1 Å². The predicted octanol–water partition coefficient (Wildman–Crippen LogP) is 5.47. The monoisotopic (exact) mass is 462 g/mol. The van der Waals surface area contributed by atoms with Crippen molar-refractivity contribution in [2.45, 2.75) is 32.8 Å². The summed E-state index contributed by atoms with van der Waals surface area (Å²) in [5.74, 6) is 1.71. The van der Waals surface area contributed by atoms with Gasteiger partial charge in [0.25, 0.3) is 5.91 Å². The summed E-state index contributed by atoms with van der Waals surface area (Å²) in [6, 6.07) is 9.71. The number of carbonyl (C=O) groups is 1. The number of fused-ring (bicyclic) bond motifs is 1. The van der Waals surface area contributed by atoms with Gasteiger partial charge >= 0.3 is 0 Å². The maximum atomic E-state index is 14.9. The van der Waals surface area contributed by atoms with Gasteiger partial charge in [0.15, 0.2) is 17.4 Å². The van der Waals surface area contributed by atoms with Gasteiger partial charge in [-0.25, -0.2) is 9.37 Å². The van der Waals surface area contributed by atoms with Gasteiger partial charge in [0.05, 0.1) is 11.8 Å². The van der Waals surface area contributed by atoms with E-state index in [9.17, 15) is 9.18 Å². The van der Waals surface area contributed by atoms with Gasteiger partial charge in [-0.2, -0.15) is 0 Å². The zero-order valence-electron chi connectivity index (χ0n) is 19.2. The third kappa shape index (κ3) is 4.62. The Morgan fingerprint density at radius 2 is 1.91 bits per heavy atom. The molecule has 176 valence electrons. The van der Waals surface area contributed by atoms with E-state index >= 15 is 0 Å². The van der Waals surface area contributed by atoms with Gasteiger partial charge in [0, 0.05) is 36.8 Å². The maximum absolute atomic E-state index is 14.9. The topological polar surface area (TPSA) is 79.5 Å². The number of nitrogens with one attached hydrogen (secondary N) is 2. The van der Waals surface area contributed by atoms with Crippen LogP contribution in [0.3, 0.4) is 0 Å². The number of ether oxygens (including phenoxy) is 2. The summed E-state index contributed by atoms with van der Waals surface area (Å²) < 4.78 is 26.7. The number of H-pyrrole nitrogens is 1. The van der Waals surface area contributed by atoms with Crippen LogP contribution in [0.2, 0.25) is 0 Å². The number of anilines is 1. The molecule has 2 aromatic carbocycles. The standard InChI is InChI=1S/C26H27FN4O3/c1-16(2)33-19-12-18(24-29-22-6-5-9-28-25(22)30-24)13-20(15-19)34-23-8-7-17(14-21(23)27)26(32)31-10-3-4-11-31/h5-8,12-16,28H,3-4,9-11H2,1-2H3,(H,29,30). The average molecular weight is 463 g/mol. The smallest absolute Gasteiger partial charge is 0.253 e. The summed E-state index contributed by atoms with van der Waals surface area (Å²) in [6.45, 7) is 6.02. The molecule has 2 aliphatic rings. The molecule has 7 nitrogen and oxygen atoms in total. The van der Waals surface area contributed by atoms with Crippen LogP contribution < -0.4 is 14.8 Å². The Kier molecular flexibility index (Phi) is 5.96. The predicted molar refractivity (Wildman–Crippen MR) is 129 cm³/mol. The summed E-state index contributed by atoms with van der Waals surface area (Å²) in [5.41, 5.74) is 1.97. The summed E-state index contributed by atoms with van der Waals surface area (Å²) in [7, 11) is 0. The normalized spacial score (nSPS) is 14.8. The van der Waals surface area contributed by atoms with Crippen molar-refractivity contribution >= 4 is 17.8 Å². The second kappa shape index (κ2) is 9.21. The summed E-state index contributed by atoms with van der Waals surface area (Å²) in [6.07, 6.45) is 5.91. The Morgan fingerprint density at radius 1 is 1.12 bits per heavy atom. The Balaban J connectivity index is 1.43. The zero-order chi connectivity index (χ0) is 23.7. The molecule has 1 saturated heterocycles. The van der Waals surface area contributed by atoms with Crippen LogP contribution in [0.5, 0.6) is 17.2 Å². The number of aromatic nitrogens is 2. The van der Waals surface area contributed by atoms with Crippen molar-refractivity contribution in [3.05, 3.63) is 59.5 Å². The highest BCUT2D eigenvalue weighted by Gasteiger charge is 2.21. The lowest BCUT2D eigenvalue weighted by Gasteiger charge is -2.16. The molecule has 0 radical (unpaired) electrons. The lowest BCUT2D eigenvalue weighted by Crippen LogP contribution is -2.27. The van der Waals surface area contributed by atoms with Crippen molar-refractivity contribution in [3.8, 4) is 28.6 Å². The molecule has 34 heavy (non-hydrogen) atoms. The second-order valence-corrected chi connectivity index (χ2v) is 8.74. The maximum Gasteiger partial charge on any atom is 0.253 e. The van der Waals surface area contributed by atoms with Crippen molar-refractivity contribution < 1.29 is 18.7 Å². The van der Waals surface area contributed by atoms with Crippen molar-refractivity contribution in [2.24, 2.45) is 0 Å². The molecule has 8 heteroatoms. The molecule has 5 rings (SSSR count). The number of likely N-dealkylation sites (tertiary alicyclic amines) is 1. The van der Waals surface area contributed by atoms with Crippen LogP contribution in [-0.2, 0) is 0 Å². The van der Waals surface area contributed by atoms with Gasteiger partial charge in [0.2, 0.25) is 0 Å². The molecule has 0 unspecified atom stereocenters. The third-order valence-corrected chi connectivity index (χ3v) is 5.73. The third-order valence-electron chi connectivity index (χ3n) is 5.73. The van der Waals surface area contributed by atoms with Crippen molar-refractivity contribution in [1.29, 1.82) is 0 Å². The minimum Gasteiger partial charge on any atom is -0.491 e. The van der Waals surface area contributed by atoms with Crippen LogP contribution in [-0.4, -0.2) is 46.5 Å². The fourth-order valence-electron chi connectivity index (χ4n) is 4.17. The van der Waals surface area contributed by atoms with E-state index in [1.54, 1.807) is 23.1 Å². The number of rotatable bonds is 6. The van der Waals surface area contributed by atoms with Crippen LogP contribution in [0.4, 0.5) is 10.2 Å². The van der Waals surface area contributed by atoms with Crippen LogP contribution in [0.15, 0.2) is 42.5 Å². The molecule has 2 N–H and O–H groups in total. The Morgan fingerprint density at radius 3 is 2.65 bits per heavy atom. The molecule has 0 saturated carbocycles. The molecular formula is C26H27FN4O3. The molecule has 0 bridgehead atoms. The van der Waals surface area contributed by atoms with E-state index in [0.29, 0.717) is 36.0 Å². The lowest BCUT2D eigenvalue weighted by atomic mass is 10.1. The lowest BCUT2D eigenvalue weighted by molar-refractivity contribution is 0.0792. The van der Waals surface area contributed by atoms with E-state index in [1.165, 1.54) is 12.1 Å². The van der Waals surface area contributed by atoms with Crippen molar-refractivity contribution in [3.63, 3.8) is 0 Å². The molecule has 0 aliphatic carbocycles. The second-order valence-electron chi connectivity index (χ2n) is 8.74. The number of nitrogens with zero attached hydrogens (tertiary/aromatic N) is 2. The zero-order valence-corrected chi connectivity index (χ0v) is 19.2. The number of hydrogen-bond acceptors (Lipinski definition) is 5. The van der Waals surface area contributed by atoms with Gasteiger partial charge in [-0.15, -0.1) is 0 Å². The van der Waals surface area contributed by atoms with Crippen LogP contribution in [0.25, 0.3) is 17.5 Å². The van der Waals surface area contributed by atoms with E-state index in [-0.39, 0.29) is 17.8 Å². The largest absolute Gasteiger partial charge is 0.491 e. The Bertz CT molecular complexity index is 1240. The first-order chi connectivity index (χ1) is 16.5. The van der Waals surface area contributed by atoms with E-state index in [0.717, 1.165) is 36.5 Å². The van der Waals surface area contributed by atoms with Gasteiger partial charge in [-0.05, 0) is 63.1 Å². The van der Waals surface area contributed by atoms with E-state index < -0.39 is 5.82 Å². The molecule has 0 spiro atoms. The molecule has 1 amide bonds. The molecule has 2 aliphatic heterocycles. The molecule has 3 aromatic rings.